The van der Waals surface area contributed by atoms with Crippen LogP contribution in [-0.2, 0) is 9.59 Å². The van der Waals surface area contributed by atoms with Crippen molar-refractivity contribution < 1.29 is 24.2 Å². The van der Waals surface area contributed by atoms with Gasteiger partial charge >= 0.3 is 11.9 Å². The van der Waals surface area contributed by atoms with Gasteiger partial charge in [0, 0.05) is 13.1 Å². The van der Waals surface area contributed by atoms with Crippen molar-refractivity contribution in [2.24, 2.45) is 5.41 Å². The van der Waals surface area contributed by atoms with Crippen molar-refractivity contribution in [3.8, 4) is 0 Å². The van der Waals surface area contributed by atoms with Crippen LogP contribution in [0.4, 0.5) is 10.1 Å². The predicted octanol–water partition coefficient (Wildman–Crippen LogP) is 1.58. The second kappa shape index (κ2) is 4.87. The van der Waals surface area contributed by atoms with Gasteiger partial charge in [-0.05, 0) is 25.0 Å². The third kappa shape index (κ3) is 2.25. The Morgan fingerprint density at radius 3 is 2.11 bits per heavy atom. The van der Waals surface area contributed by atoms with Crippen LogP contribution < -0.4 is 4.90 Å². The van der Waals surface area contributed by atoms with Crippen LogP contribution in [0.1, 0.15) is 12.8 Å². The first-order valence-electron chi connectivity index (χ1n) is 5.93. The molecular formula is C13H14FNO4. The fourth-order valence-electron chi connectivity index (χ4n) is 2.36. The minimum absolute atomic E-state index is 0.0357. The molecule has 1 aromatic rings. The molecule has 1 fully saturated rings. The van der Waals surface area contributed by atoms with Crippen LogP contribution in [0.5, 0.6) is 0 Å². The number of rotatable bonds is 3. The molecule has 0 spiro atoms. The van der Waals surface area contributed by atoms with E-state index in [2.05, 4.69) is 0 Å². The van der Waals surface area contributed by atoms with Crippen molar-refractivity contribution in [3.63, 3.8) is 0 Å². The number of piperidine rings is 1. The van der Waals surface area contributed by atoms with Crippen LogP contribution in [0.15, 0.2) is 24.3 Å². The number of carbonyl (C=O) groups is 2. The summed E-state index contributed by atoms with van der Waals surface area (Å²) in [6.07, 6.45) is -0.0714. The molecule has 0 saturated carbocycles. The Bertz CT molecular complexity index is 493. The normalized spacial score (nSPS) is 18.1. The van der Waals surface area contributed by atoms with Gasteiger partial charge < -0.3 is 15.1 Å². The first kappa shape index (κ1) is 13.3. The fourth-order valence-corrected chi connectivity index (χ4v) is 2.36. The maximum atomic E-state index is 13.6. The first-order chi connectivity index (χ1) is 8.97. The number of carboxylic acids is 2. The molecule has 0 amide bonds. The molecule has 1 aliphatic heterocycles. The Kier molecular flexibility index (Phi) is 3.42. The predicted molar refractivity (Wildman–Crippen MR) is 65.6 cm³/mol. The molecule has 102 valence electrons. The minimum atomic E-state index is -1.75. The maximum absolute atomic E-state index is 13.6. The molecular weight excluding hydrogens is 253 g/mol. The summed E-state index contributed by atoms with van der Waals surface area (Å²) >= 11 is 0. The van der Waals surface area contributed by atoms with Gasteiger partial charge in [0.15, 0.2) is 5.41 Å². The minimum Gasteiger partial charge on any atom is -0.480 e. The zero-order valence-electron chi connectivity index (χ0n) is 10.2. The van der Waals surface area contributed by atoms with E-state index in [1.54, 1.807) is 23.1 Å². The molecule has 5 nitrogen and oxygen atoms in total. The van der Waals surface area contributed by atoms with Crippen molar-refractivity contribution >= 4 is 17.6 Å². The highest BCUT2D eigenvalue weighted by atomic mass is 19.1. The number of para-hydroxylation sites is 1. The van der Waals surface area contributed by atoms with Crippen LogP contribution in [0.3, 0.4) is 0 Å². The number of carboxylic acid groups (broad SMARTS) is 2. The van der Waals surface area contributed by atoms with Crippen molar-refractivity contribution in [2.75, 3.05) is 18.0 Å². The summed E-state index contributed by atoms with van der Waals surface area (Å²) in [5, 5.41) is 18.2. The highest BCUT2D eigenvalue weighted by Crippen LogP contribution is 2.34. The van der Waals surface area contributed by atoms with E-state index < -0.39 is 17.4 Å². The summed E-state index contributed by atoms with van der Waals surface area (Å²) in [5.41, 5.74) is -1.37. The van der Waals surface area contributed by atoms with E-state index in [1.165, 1.54) is 6.07 Å². The molecule has 1 aliphatic rings. The van der Waals surface area contributed by atoms with Gasteiger partial charge in [-0.2, -0.15) is 0 Å². The average Bonchev–Trinajstić information content (AvgIpc) is 2.39. The standard InChI is InChI=1S/C13H14FNO4/c14-9-3-1-2-4-10(9)15-7-5-13(6-8-15,11(16)17)12(18)19/h1-4H,5-8H2,(H,16,17)(H,18,19). The average molecular weight is 267 g/mol. The Balaban J connectivity index is 2.17. The fraction of sp³-hybridized carbons (Fsp3) is 0.385. The molecule has 1 heterocycles. The molecule has 2 rings (SSSR count). The van der Waals surface area contributed by atoms with Crippen molar-refractivity contribution in [2.45, 2.75) is 12.8 Å². The van der Waals surface area contributed by atoms with E-state index in [4.69, 9.17) is 10.2 Å². The third-order valence-electron chi connectivity index (χ3n) is 3.63. The lowest BCUT2D eigenvalue weighted by Crippen LogP contribution is -2.49. The van der Waals surface area contributed by atoms with Gasteiger partial charge in [-0.1, -0.05) is 12.1 Å². The zero-order valence-corrected chi connectivity index (χ0v) is 10.2. The molecule has 0 aromatic heterocycles. The highest BCUT2D eigenvalue weighted by molar-refractivity contribution is 5.98. The van der Waals surface area contributed by atoms with Gasteiger partial charge in [0.1, 0.15) is 5.82 Å². The summed E-state index contributed by atoms with van der Waals surface area (Å²) in [6.45, 7) is 0.416. The largest absolute Gasteiger partial charge is 0.480 e. The molecule has 2 N–H and O–H groups in total. The quantitative estimate of drug-likeness (QED) is 0.813. The molecule has 0 unspecified atom stereocenters. The lowest BCUT2D eigenvalue weighted by atomic mass is 9.78. The van der Waals surface area contributed by atoms with Crippen LogP contribution in [-0.4, -0.2) is 35.2 Å². The Labute approximate surface area is 109 Å². The van der Waals surface area contributed by atoms with E-state index in [0.717, 1.165) is 0 Å². The summed E-state index contributed by atoms with van der Waals surface area (Å²) in [7, 11) is 0. The van der Waals surface area contributed by atoms with Crippen molar-refractivity contribution in [1.82, 2.24) is 0 Å². The number of hydrogen-bond donors (Lipinski definition) is 2. The van der Waals surface area contributed by atoms with Gasteiger partial charge in [0.05, 0.1) is 5.69 Å². The Morgan fingerprint density at radius 2 is 1.63 bits per heavy atom. The van der Waals surface area contributed by atoms with Gasteiger partial charge in [-0.25, -0.2) is 4.39 Å². The maximum Gasteiger partial charge on any atom is 0.321 e. The van der Waals surface area contributed by atoms with Crippen LogP contribution in [0.25, 0.3) is 0 Å². The Morgan fingerprint density at radius 1 is 1.11 bits per heavy atom. The lowest BCUT2D eigenvalue weighted by molar-refractivity contribution is -0.166. The number of nitrogens with zero attached hydrogens (tertiary/aromatic N) is 1. The Hall–Kier alpha value is -2.11. The van der Waals surface area contributed by atoms with Gasteiger partial charge in [-0.3, -0.25) is 9.59 Å². The van der Waals surface area contributed by atoms with E-state index >= 15 is 0 Å². The lowest BCUT2D eigenvalue weighted by Gasteiger charge is -2.37. The van der Waals surface area contributed by atoms with E-state index in [9.17, 15) is 14.0 Å². The van der Waals surface area contributed by atoms with Crippen LogP contribution in [0.2, 0.25) is 0 Å². The summed E-state index contributed by atoms with van der Waals surface area (Å²) < 4.78 is 13.6. The smallest absolute Gasteiger partial charge is 0.321 e. The summed E-state index contributed by atoms with van der Waals surface area (Å²) in [4.78, 5) is 24.0. The molecule has 0 aliphatic carbocycles. The number of aliphatic carboxylic acids is 2. The number of benzene rings is 1. The number of anilines is 1. The topological polar surface area (TPSA) is 77.8 Å². The monoisotopic (exact) mass is 267 g/mol. The SMILES string of the molecule is O=C(O)C1(C(=O)O)CCN(c2ccccc2F)CC1. The molecule has 19 heavy (non-hydrogen) atoms. The molecule has 6 heteroatoms. The highest BCUT2D eigenvalue weighted by Gasteiger charge is 2.48. The number of hydrogen-bond acceptors (Lipinski definition) is 3. The summed E-state index contributed by atoms with van der Waals surface area (Å²) in [6, 6.07) is 6.19. The molecule has 1 saturated heterocycles. The zero-order chi connectivity index (χ0) is 14.0. The molecule has 0 bridgehead atoms. The molecule has 0 atom stereocenters. The van der Waals surface area contributed by atoms with Gasteiger partial charge in [0.2, 0.25) is 0 Å². The van der Waals surface area contributed by atoms with Crippen molar-refractivity contribution in [1.29, 1.82) is 0 Å². The third-order valence-corrected chi connectivity index (χ3v) is 3.63. The molecule has 0 radical (unpaired) electrons. The number of halogens is 1. The van der Waals surface area contributed by atoms with E-state index in [-0.39, 0.29) is 31.7 Å². The van der Waals surface area contributed by atoms with E-state index in [0.29, 0.717) is 5.69 Å². The van der Waals surface area contributed by atoms with Gasteiger partial charge in [0.25, 0.3) is 0 Å². The second-order valence-electron chi connectivity index (χ2n) is 4.63. The van der Waals surface area contributed by atoms with E-state index in [1.807, 2.05) is 0 Å². The van der Waals surface area contributed by atoms with Crippen LogP contribution >= 0.6 is 0 Å². The second-order valence-corrected chi connectivity index (χ2v) is 4.63. The van der Waals surface area contributed by atoms with Crippen LogP contribution in [0, 0.1) is 11.2 Å². The molecule has 1 aromatic carbocycles. The first-order valence-corrected chi connectivity index (χ1v) is 5.93. The van der Waals surface area contributed by atoms with Gasteiger partial charge in [-0.15, -0.1) is 0 Å². The van der Waals surface area contributed by atoms with Crippen molar-refractivity contribution in [3.05, 3.63) is 30.1 Å². The summed E-state index contributed by atoms with van der Waals surface area (Å²) in [5.74, 6) is -3.04.